The highest BCUT2D eigenvalue weighted by Crippen LogP contribution is 2.29. The van der Waals surface area contributed by atoms with Crippen LogP contribution >= 0.6 is 0 Å². The highest BCUT2D eigenvalue weighted by Gasteiger charge is 2.23. The van der Waals surface area contributed by atoms with Crippen LogP contribution in [-0.2, 0) is 9.47 Å². The molecule has 0 unspecified atom stereocenters. The lowest BCUT2D eigenvalue weighted by Crippen LogP contribution is -2.44. The molecule has 0 radical (unpaired) electrons. The number of rotatable bonds is 5. The van der Waals surface area contributed by atoms with E-state index >= 15 is 0 Å². The summed E-state index contributed by atoms with van der Waals surface area (Å²) >= 11 is 0. The van der Waals surface area contributed by atoms with Gasteiger partial charge in [-0.15, -0.1) is 0 Å². The number of anilines is 2. The van der Waals surface area contributed by atoms with E-state index in [1.165, 1.54) is 0 Å². The van der Waals surface area contributed by atoms with E-state index in [1.807, 2.05) is 18.3 Å². The molecule has 0 aromatic carbocycles. The summed E-state index contributed by atoms with van der Waals surface area (Å²) in [5, 5.41) is 4.54. The summed E-state index contributed by atoms with van der Waals surface area (Å²) in [5.74, 6) is 3.00. The first-order valence-corrected chi connectivity index (χ1v) is 10.3. The minimum atomic E-state index is 0.271. The van der Waals surface area contributed by atoms with Gasteiger partial charge in [0, 0.05) is 55.0 Å². The zero-order valence-electron chi connectivity index (χ0n) is 16.6. The average Bonchev–Trinajstić information content (AvgIpc) is 3.44. The van der Waals surface area contributed by atoms with Crippen molar-refractivity contribution in [1.82, 2.24) is 19.9 Å². The van der Waals surface area contributed by atoms with Crippen LogP contribution in [0, 0.1) is 5.92 Å². The first-order chi connectivity index (χ1) is 14.3. The number of ether oxygens (including phenoxy) is 2. The zero-order chi connectivity index (χ0) is 19.6. The van der Waals surface area contributed by atoms with Crippen molar-refractivity contribution >= 4 is 22.7 Å². The van der Waals surface area contributed by atoms with Crippen LogP contribution in [0.15, 0.2) is 30.6 Å². The van der Waals surface area contributed by atoms with Crippen LogP contribution in [0.25, 0.3) is 22.4 Å². The molecule has 3 aromatic heterocycles. The minimum absolute atomic E-state index is 0.271. The van der Waals surface area contributed by atoms with E-state index in [2.05, 4.69) is 33.2 Å². The maximum atomic E-state index is 5.61. The summed E-state index contributed by atoms with van der Waals surface area (Å²) in [7, 11) is 0. The van der Waals surface area contributed by atoms with Crippen molar-refractivity contribution in [3.8, 4) is 11.4 Å². The van der Waals surface area contributed by atoms with Crippen LogP contribution in [0.3, 0.4) is 0 Å². The second kappa shape index (κ2) is 7.96. The van der Waals surface area contributed by atoms with Gasteiger partial charge in [0.25, 0.3) is 0 Å². The maximum Gasteiger partial charge on any atom is 0.164 e. The van der Waals surface area contributed by atoms with Crippen LogP contribution in [-0.4, -0.2) is 65.5 Å². The molecule has 2 N–H and O–H groups in total. The Hall–Kier alpha value is -2.71. The third kappa shape index (κ3) is 3.77. The summed E-state index contributed by atoms with van der Waals surface area (Å²) in [6, 6.07) is 6.32. The van der Waals surface area contributed by atoms with Gasteiger partial charge in [0.1, 0.15) is 17.3 Å². The van der Waals surface area contributed by atoms with Crippen molar-refractivity contribution in [2.75, 3.05) is 49.7 Å². The van der Waals surface area contributed by atoms with Gasteiger partial charge in [-0.2, -0.15) is 0 Å². The van der Waals surface area contributed by atoms with Gasteiger partial charge in [-0.05, 0) is 25.5 Å². The summed E-state index contributed by atoms with van der Waals surface area (Å²) in [5.41, 5.74) is 1.82. The lowest BCUT2D eigenvalue weighted by atomic mass is 10.1. The van der Waals surface area contributed by atoms with Crippen molar-refractivity contribution in [2.24, 2.45) is 5.92 Å². The number of pyridine rings is 1. The number of hydrogen-bond donors (Lipinski definition) is 2. The minimum Gasteiger partial charge on any atom is -0.381 e. The van der Waals surface area contributed by atoms with Crippen molar-refractivity contribution < 1.29 is 9.47 Å². The van der Waals surface area contributed by atoms with Gasteiger partial charge in [0.05, 0.1) is 25.9 Å². The van der Waals surface area contributed by atoms with Crippen LogP contribution < -0.4 is 10.2 Å². The molecular weight excluding hydrogens is 368 g/mol. The smallest absolute Gasteiger partial charge is 0.164 e. The van der Waals surface area contributed by atoms with E-state index in [0.717, 1.165) is 61.0 Å². The fraction of sp³-hybridized carbons (Fsp3) is 0.476. The SMILES string of the molecule is C[C@@H]1COCCN1c1cc(NC[C@H]2CCOC2)nc(-c2ccnc3[nH]ccc23)n1. The van der Waals surface area contributed by atoms with Gasteiger partial charge < -0.3 is 24.7 Å². The molecular formula is C21H26N6O2. The molecule has 3 aromatic rings. The van der Waals surface area contributed by atoms with Crippen LogP contribution in [0.2, 0.25) is 0 Å². The molecule has 5 heterocycles. The lowest BCUT2D eigenvalue weighted by molar-refractivity contribution is 0.0985. The van der Waals surface area contributed by atoms with Crippen molar-refractivity contribution in [1.29, 1.82) is 0 Å². The number of nitrogens with one attached hydrogen (secondary N) is 2. The number of aromatic nitrogens is 4. The largest absolute Gasteiger partial charge is 0.381 e. The summed E-state index contributed by atoms with van der Waals surface area (Å²) in [6.07, 6.45) is 4.78. The van der Waals surface area contributed by atoms with Gasteiger partial charge in [-0.25, -0.2) is 15.0 Å². The highest BCUT2D eigenvalue weighted by atomic mass is 16.5. The van der Waals surface area contributed by atoms with E-state index in [-0.39, 0.29) is 6.04 Å². The van der Waals surface area contributed by atoms with E-state index < -0.39 is 0 Å². The molecule has 2 saturated heterocycles. The van der Waals surface area contributed by atoms with Crippen molar-refractivity contribution in [3.05, 3.63) is 30.6 Å². The molecule has 8 nitrogen and oxygen atoms in total. The highest BCUT2D eigenvalue weighted by molar-refractivity contribution is 5.91. The predicted octanol–water partition coefficient (Wildman–Crippen LogP) is 2.69. The molecule has 2 aliphatic rings. The Morgan fingerprint density at radius 1 is 1.21 bits per heavy atom. The quantitative estimate of drug-likeness (QED) is 0.688. The number of morpholine rings is 1. The molecule has 0 spiro atoms. The van der Waals surface area contributed by atoms with Crippen molar-refractivity contribution in [2.45, 2.75) is 19.4 Å². The number of aromatic amines is 1. The van der Waals surface area contributed by atoms with Gasteiger partial charge in [0.15, 0.2) is 5.82 Å². The summed E-state index contributed by atoms with van der Waals surface area (Å²) in [4.78, 5) is 19.7. The molecule has 2 atom stereocenters. The van der Waals surface area contributed by atoms with Gasteiger partial charge in [-0.1, -0.05) is 0 Å². The van der Waals surface area contributed by atoms with E-state index in [0.29, 0.717) is 25.0 Å². The molecule has 0 aliphatic carbocycles. The van der Waals surface area contributed by atoms with Gasteiger partial charge in [-0.3, -0.25) is 0 Å². The third-order valence-electron chi connectivity index (χ3n) is 5.67. The Morgan fingerprint density at radius 3 is 3.00 bits per heavy atom. The van der Waals surface area contributed by atoms with Gasteiger partial charge in [0.2, 0.25) is 0 Å². The second-order valence-electron chi connectivity index (χ2n) is 7.76. The molecule has 0 amide bonds. The predicted molar refractivity (Wildman–Crippen MR) is 112 cm³/mol. The van der Waals surface area contributed by atoms with E-state index in [1.54, 1.807) is 6.20 Å². The lowest BCUT2D eigenvalue weighted by Gasteiger charge is -2.34. The number of hydrogen-bond acceptors (Lipinski definition) is 7. The first-order valence-electron chi connectivity index (χ1n) is 10.3. The summed E-state index contributed by atoms with van der Waals surface area (Å²) in [6.45, 7) is 6.92. The molecule has 29 heavy (non-hydrogen) atoms. The molecule has 0 bridgehead atoms. The zero-order valence-corrected chi connectivity index (χ0v) is 16.6. The maximum absolute atomic E-state index is 5.61. The number of fused-ring (bicyclic) bond motifs is 1. The standard InChI is InChI=1S/C21H26N6O2/c1-14-12-29-9-7-27(14)19-10-18(24-11-15-4-8-28-13-15)25-21(26-19)17-3-6-23-20-16(17)2-5-22-20/h2-3,5-6,10,14-15H,4,7-9,11-13H2,1H3,(H,22,23)(H,24,25,26)/t14-,15-/m1/s1. The first kappa shape index (κ1) is 18.3. The van der Waals surface area contributed by atoms with Gasteiger partial charge >= 0.3 is 0 Å². The average molecular weight is 394 g/mol. The topological polar surface area (TPSA) is 88.2 Å². The molecule has 8 heteroatoms. The number of H-pyrrole nitrogens is 1. The normalized spacial score (nSPS) is 22.3. The Morgan fingerprint density at radius 2 is 2.14 bits per heavy atom. The Balaban J connectivity index is 1.53. The molecule has 2 aliphatic heterocycles. The Kier molecular flexibility index (Phi) is 5.03. The van der Waals surface area contributed by atoms with Crippen LogP contribution in [0.1, 0.15) is 13.3 Å². The molecule has 2 fully saturated rings. The molecule has 0 saturated carbocycles. The van der Waals surface area contributed by atoms with Crippen LogP contribution in [0.4, 0.5) is 11.6 Å². The monoisotopic (exact) mass is 394 g/mol. The molecule has 152 valence electrons. The summed E-state index contributed by atoms with van der Waals surface area (Å²) < 4.78 is 11.1. The molecule has 5 rings (SSSR count). The van der Waals surface area contributed by atoms with E-state index in [4.69, 9.17) is 19.4 Å². The number of nitrogens with zero attached hydrogens (tertiary/aromatic N) is 4. The van der Waals surface area contributed by atoms with Crippen LogP contribution in [0.5, 0.6) is 0 Å². The Labute approximate surface area is 169 Å². The fourth-order valence-corrected chi connectivity index (χ4v) is 4.01. The van der Waals surface area contributed by atoms with Crippen molar-refractivity contribution in [3.63, 3.8) is 0 Å². The fourth-order valence-electron chi connectivity index (χ4n) is 4.01. The third-order valence-corrected chi connectivity index (χ3v) is 5.67. The Bertz CT molecular complexity index is 984. The van der Waals surface area contributed by atoms with E-state index in [9.17, 15) is 0 Å². The second-order valence-corrected chi connectivity index (χ2v) is 7.76.